The molecule has 1 amide bonds. The van der Waals surface area contributed by atoms with Gasteiger partial charge in [0.2, 0.25) is 5.91 Å². The smallest absolute Gasteiger partial charge is 0.224 e. The average Bonchev–Trinajstić information content (AvgIpc) is 3.31. The van der Waals surface area contributed by atoms with Crippen molar-refractivity contribution in [3.8, 4) is 0 Å². The van der Waals surface area contributed by atoms with Crippen LogP contribution < -0.4 is 16.0 Å². The molecule has 4 fully saturated rings. The Bertz CT molecular complexity index is 1120. The van der Waals surface area contributed by atoms with Crippen molar-refractivity contribution in [2.75, 3.05) is 23.7 Å². The van der Waals surface area contributed by atoms with E-state index in [1.54, 1.807) is 12.5 Å². The highest BCUT2D eigenvalue weighted by Gasteiger charge is 2.51. The second-order valence-electron chi connectivity index (χ2n) is 10.9. The number of hydrogen-bond donors (Lipinski definition) is 3. The highest BCUT2D eigenvalue weighted by molar-refractivity contribution is 6.01. The minimum Gasteiger partial charge on any atom is -0.472 e. The molecule has 34 heavy (non-hydrogen) atoms. The lowest BCUT2D eigenvalue weighted by atomic mass is 9.49. The molecule has 0 radical (unpaired) electrons. The summed E-state index contributed by atoms with van der Waals surface area (Å²) < 4.78 is 5.08. The van der Waals surface area contributed by atoms with E-state index in [-0.39, 0.29) is 11.3 Å². The largest absolute Gasteiger partial charge is 0.472 e. The van der Waals surface area contributed by atoms with Crippen molar-refractivity contribution in [3.63, 3.8) is 0 Å². The fourth-order valence-corrected chi connectivity index (χ4v) is 7.31. The summed E-state index contributed by atoms with van der Waals surface area (Å²) in [7, 11) is 0. The molecule has 0 spiro atoms. The van der Waals surface area contributed by atoms with E-state index in [2.05, 4.69) is 22.0 Å². The number of nitrogens with zero attached hydrogens (tertiary/aromatic N) is 1. The second-order valence-corrected chi connectivity index (χ2v) is 10.9. The van der Waals surface area contributed by atoms with E-state index in [0.717, 1.165) is 65.4 Å². The molecule has 4 saturated carbocycles. The fourth-order valence-electron chi connectivity index (χ4n) is 7.31. The van der Waals surface area contributed by atoms with E-state index in [0.29, 0.717) is 6.42 Å². The Morgan fingerprint density at radius 2 is 1.79 bits per heavy atom. The lowest BCUT2D eigenvalue weighted by Crippen LogP contribution is -2.47. The maximum Gasteiger partial charge on any atom is 0.224 e. The Kier molecular flexibility index (Phi) is 5.77. The van der Waals surface area contributed by atoms with Crippen molar-refractivity contribution in [2.24, 2.45) is 23.2 Å². The van der Waals surface area contributed by atoms with E-state index in [1.807, 2.05) is 30.3 Å². The molecule has 0 unspecified atom stereocenters. The number of anilines is 2. The molecule has 2 aromatic heterocycles. The van der Waals surface area contributed by atoms with Crippen LogP contribution in [0.3, 0.4) is 0 Å². The first kappa shape index (κ1) is 21.7. The zero-order chi connectivity index (χ0) is 23.0. The van der Waals surface area contributed by atoms with E-state index >= 15 is 0 Å². The molecule has 178 valence electrons. The van der Waals surface area contributed by atoms with Crippen LogP contribution in [0.4, 0.5) is 11.5 Å². The molecule has 0 atom stereocenters. The summed E-state index contributed by atoms with van der Waals surface area (Å²) in [5.74, 6) is 3.61. The predicted octanol–water partition coefficient (Wildman–Crippen LogP) is 5.57. The molecule has 7 rings (SSSR count). The minimum atomic E-state index is 0.167. The van der Waals surface area contributed by atoms with Crippen LogP contribution in [0.5, 0.6) is 0 Å². The zero-order valence-corrected chi connectivity index (χ0v) is 19.7. The number of carbonyl (C=O) groups excluding carboxylic acids is 1. The van der Waals surface area contributed by atoms with Gasteiger partial charge in [-0.25, -0.2) is 4.98 Å². The molecule has 3 N–H and O–H groups in total. The minimum absolute atomic E-state index is 0.167. The number of amides is 1. The van der Waals surface area contributed by atoms with Crippen LogP contribution in [0.1, 0.15) is 50.5 Å². The Morgan fingerprint density at radius 3 is 2.53 bits per heavy atom. The van der Waals surface area contributed by atoms with Gasteiger partial charge in [-0.15, -0.1) is 0 Å². The van der Waals surface area contributed by atoms with Gasteiger partial charge in [0, 0.05) is 37.0 Å². The van der Waals surface area contributed by atoms with Gasteiger partial charge in [0.15, 0.2) is 0 Å². The molecule has 4 bridgehead atoms. The van der Waals surface area contributed by atoms with Crippen LogP contribution in [0.2, 0.25) is 0 Å². The number of furan rings is 1. The van der Waals surface area contributed by atoms with Gasteiger partial charge in [-0.2, -0.15) is 0 Å². The van der Waals surface area contributed by atoms with Crippen LogP contribution in [0, 0.1) is 23.2 Å². The third-order valence-electron chi connectivity index (χ3n) is 8.22. The summed E-state index contributed by atoms with van der Waals surface area (Å²) in [5, 5.41) is 11.0. The predicted molar refractivity (Wildman–Crippen MR) is 134 cm³/mol. The van der Waals surface area contributed by atoms with Gasteiger partial charge in [-0.05, 0) is 92.0 Å². The number of aromatic nitrogens is 1. The number of carbonyl (C=O) groups is 1. The maximum atomic E-state index is 13.1. The molecule has 2 heterocycles. The Hall–Kier alpha value is -2.86. The Balaban J connectivity index is 1.06. The number of hydrogen-bond acceptors (Lipinski definition) is 5. The summed E-state index contributed by atoms with van der Waals surface area (Å²) >= 11 is 0. The number of benzene rings is 1. The molecule has 1 aromatic carbocycles. The number of pyridine rings is 1. The van der Waals surface area contributed by atoms with E-state index in [4.69, 9.17) is 9.40 Å². The summed E-state index contributed by atoms with van der Waals surface area (Å²) in [4.78, 5) is 17.9. The molecule has 6 heteroatoms. The zero-order valence-electron chi connectivity index (χ0n) is 19.7. The van der Waals surface area contributed by atoms with Crippen LogP contribution in [0.25, 0.3) is 10.9 Å². The van der Waals surface area contributed by atoms with Crippen molar-refractivity contribution in [3.05, 3.63) is 54.5 Å². The molecule has 0 aliphatic heterocycles. The van der Waals surface area contributed by atoms with E-state index in [9.17, 15) is 4.79 Å². The molecule has 6 nitrogen and oxygen atoms in total. The van der Waals surface area contributed by atoms with Crippen LogP contribution in [0.15, 0.2) is 53.3 Å². The van der Waals surface area contributed by atoms with Gasteiger partial charge in [0.25, 0.3) is 0 Å². The molecular weight excluding hydrogens is 424 g/mol. The summed E-state index contributed by atoms with van der Waals surface area (Å²) in [6, 6.07) is 12.0. The van der Waals surface area contributed by atoms with Crippen LogP contribution in [-0.4, -0.2) is 24.0 Å². The highest BCUT2D eigenvalue weighted by Crippen LogP contribution is 2.61. The van der Waals surface area contributed by atoms with Gasteiger partial charge in [0.1, 0.15) is 5.82 Å². The average molecular weight is 459 g/mol. The monoisotopic (exact) mass is 458 g/mol. The molecule has 4 aliphatic carbocycles. The van der Waals surface area contributed by atoms with Gasteiger partial charge in [0.05, 0.1) is 23.7 Å². The lowest BCUT2D eigenvalue weighted by molar-refractivity contribution is -0.124. The molecule has 4 aliphatic rings. The first-order valence-corrected chi connectivity index (χ1v) is 12.8. The molecule has 0 saturated heterocycles. The first-order valence-electron chi connectivity index (χ1n) is 12.8. The summed E-state index contributed by atoms with van der Waals surface area (Å²) in [5.41, 5.74) is 3.16. The molecular formula is C28H34N4O2. The SMILES string of the molecule is O=C(CC12CC3CC(CC(C3)C1)C2)Nc1cccc2nc(NCCNCc3ccoc3)ccc12. The number of rotatable bonds is 9. The second kappa shape index (κ2) is 9.06. The molecule has 3 aromatic rings. The Labute approximate surface area is 200 Å². The maximum absolute atomic E-state index is 13.1. The number of nitrogens with one attached hydrogen (secondary N) is 3. The van der Waals surface area contributed by atoms with Gasteiger partial charge in [-0.3, -0.25) is 4.79 Å². The lowest BCUT2D eigenvalue weighted by Gasteiger charge is -2.56. The van der Waals surface area contributed by atoms with E-state index < -0.39 is 0 Å². The Morgan fingerprint density at radius 1 is 1.00 bits per heavy atom. The normalized spacial score (nSPS) is 27.2. The van der Waals surface area contributed by atoms with Crippen LogP contribution >= 0.6 is 0 Å². The van der Waals surface area contributed by atoms with Gasteiger partial charge < -0.3 is 20.4 Å². The highest BCUT2D eigenvalue weighted by atomic mass is 16.3. The topological polar surface area (TPSA) is 79.2 Å². The van der Waals surface area contributed by atoms with E-state index in [1.165, 1.54) is 38.5 Å². The third kappa shape index (κ3) is 4.56. The van der Waals surface area contributed by atoms with Crippen molar-refractivity contribution >= 4 is 28.3 Å². The summed E-state index contributed by atoms with van der Waals surface area (Å²) in [6.45, 7) is 2.39. The summed E-state index contributed by atoms with van der Waals surface area (Å²) in [6.07, 6.45) is 12.1. The third-order valence-corrected chi connectivity index (χ3v) is 8.22. The number of fused-ring (bicyclic) bond motifs is 1. The first-order chi connectivity index (χ1) is 16.6. The van der Waals surface area contributed by atoms with Crippen molar-refractivity contribution in [1.29, 1.82) is 0 Å². The quantitative estimate of drug-likeness (QED) is 0.365. The van der Waals surface area contributed by atoms with Crippen molar-refractivity contribution < 1.29 is 9.21 Å². The van der Waals surface area contributed by atoms with Gasteiger partial charge in [-0.1, -0.05) is 6.07 Å². The van der Waals surface area contributed by atoms with Gasteiger partial charge >= 0.3 is 0 Å². The van der Waals surface area contributed by atoms with Crippen LogP contribution in [-0.2, 0) is 11.3 Å². The standard InChI is InChI=1S/C28H34N4O2/c33-27(16-28-13-20-10-21(14-28)12-22(11-20)15-28)32-25-3-1-2-24-23(25)4-5-26(31-24)30-8-7-29-17-19-6-9-34-18-19/h1-6,9,18,20-22,29H,7-8,10-17H2,(H,30,31)(H,32,33). The van der Waals surface area contributed by atoms with Crippen molar-refractivity contribution in [2.45, 2.75) is 51.5 Å². The fraction of sp³-hybridized carbons (Fsp3) is 0.500. The van der Waals surface area contributed by atoms with Crippen molar-refractivity contribution in [1.82, 2.24) is 10.3 Å².